The van der Waals surface area contributed by atoms with E-state index in [4.69, 9.17) is 9.47 Å². The second-order valence-corrected chi connectivity index (χ2v) is 8.38. The Bertz CT molecular complexity index is 1540. The first-order valence-electron chi connectivity index (χ1n) is 12.3. The molecule has 0 unspecified atom stereocenters. The minimum absolute atomic E-state index is 0. The molecule has 0 aliphatic rings. The van der Waals surface area contributed by atoms with Crippen molar-refractivity contribution in [2.75, 3.05) is 14.2 Å². The Morgan fingerprint density at radius 2 is 1.39 bits per heavy atom. The van der Waals surface area contributed by atoms with Crippen molar-refractivity contribution >= 4 is 0 Å². The summed E-state index contributed by atoms with van der Waals surface area (Å²) in [5.41, 5.74) is 2.60. The van der Waals surface area contributed by atoms with Crippen LogP contribution in [0.4, 0.5) is 0 Å². The Balaban J connectivity index is 0.000000168. The Hall–Kier alpha value is -4.60. The van der Waals surface area contributed by atoms with Crippen LogP contribution in [-0.2, 0) is 34.2 Å². The van der Waals surface area contributed by atoms with Crippen LogP contribution < -0.4 is 23.7 Å². The third-order valence-electron chi connectivity index (χ3n) is 5.37. The summed E-state index contributed by atoms with van der Waals surface area (Å²) in [6, 6.07) is 23.1. The van der Waals surface area contributed by atoms with Gasteiger partial charge in [-0.1, -0.05) is 17.4 Å². The van der Waals surface area contributed by atoms with E-state index in [9.17, 15) is 0 Å². The fourth-order valence-electron chi connectivity index (χ4n) is 3.40. The molecule has 0 N–H and O–H groups in total. The van der Waals surface area contributed by atoms with E-state index in [2.05, 4.69) is 45.0 Å². The van der Waals surface area contributed by atoms with Crippen molar-refractivity contribution in [2.45, 2.75) is 6.92 Å². The number of benzene rings is 2. The summed E-state index contributed by atoms with van der Waals surface area (Å²) in [7, 11) is 7.16. The van der Waals surface area contributed by atoms with Crippen LogP contribution in [0.15, 0.2) is 85.6 Å². The maximum absolute atomic E-state index is 5.13. The zero-order chi connectivity index (χ0) is 28.3. The fourth-order valence-corrected chi connectivity index (χ4v) is 3.40. The maximum atomic E-state index is 5.13. The van der Waals surface area contributed by atoms with Crippen LogP contribution in [-0.4, -0.2) is 38.4 Å². The number of ether oxygens (including phenoxy) is 2. The van der Waals surface area contributed by atoms with E-state index < -0.39 is 0 Å². The molecule has 213 valence electrons. The summed E-state index contributed by atoms with van der Waals surface area (Å²) in [5.74, 6) is 2.91. The van der Waals surface area contributed by atoms with Crippen LogP contribution in [0.25, 0.3) is 22.9 Å². The second-order valence-electron chi connectivity index (χ2n) is 8.38. The van der Waals surface area contributed by atoms with E-state index in [-0.39, 0.29) is 20.1 Å². The van der Waals surface area contributed by atoms with Gasteiger partial charge in [-0.3, -0.25) is 10.1 Å². The Morgan fingerprint density at radius 3 is 1.78 bits per heavy atom. The van der Waals surface area contributed by atoms with Crippen molar-refractivity contribution in [3.63, 3.8) is 0 Å². The number of methoxy groups -OCH3 is 2. The van der Waals surface area contributed by atoms with Gasteiger partial charge >= 0.3 is 0 Å². The summed E-state index contributed by atoms with van der Waals surface area (Å²) < 4.78 is 17.7. The third-order valence-corrected chi connectivity index (χ3v) is 5.37. The molecule has 10 nitrogen and oxygen atoms in total. The van der Waals surface area contributed by atoms with Crippen LogP contribution in [0.3, 0.4) is 0 Å². The van der Waals surface area contributed by atoms with E-state index in [0.29, 0.717) is 11.6 Å². The molecule has 6 rings (SSSR count). The molecule has 2 aromatic carbocycles. The van der Waals surface area contributed by atoms with Gasteiger partial charge in [0.1, 0.15) is 0 Å². The normalized spacial score (nSPS) is 9.88. The van der Waals surface area contributed by atoms with Gasteiger partial charge in [0.15, 0.2) is 0 Å². The van der Waals surface area contributed by atoms with Gasteiger partial charge in [-0.15, -0.1) is 24.3 Å². The molecule has 0 aliphatic carbocycles. The molecule has 0 saturated carbocycles. The molecule has 1 radical (unpaired) electrons. The van der Waals surface area contributed by atoms with Crippen molar-refractivity contribution in [2.24, 2.45) is 14.1 Å². The molecular weight excluding hydrogens is 697 g/mol. The van der Waals surface area contributed by atoms with Gasteiger partial charge in [0.05, 0.1) is 34.0 Å². The standard InChI is InChI=1S/2C11H11N2O.C8H7N4.Ir/c2*1-12-6-7-13(9-12)10-4-3-5-11(8-10)14-2;1-6-10-8(12-11-6)7-4-2-3-5-9-7;/h2*3,5-8H,1-2H3;2-5H,1H3;/q3*-1;. The molecule has 11 heteroatoms. The van der Waals surface area contributed by atoms with E-state index in [1.54, 1.807) is 27.3 Å². The number of hydrogen-bond donors (Lipinski definition) is 0. The predicted molar refractivity (Wildman–Crippen MR) is 146 cm³/mol. The molecule has 0 saturated heterocycles. The fraction of sp³-hybridized carbons (Fsp3) is 0.167. The SMILES string of the molecule is COc1cc[c-]c(-n2[c-][n+](C)cc2)c1.COc1cc[c-]c(-n2[c-][n+](C)cc2)c1.Cc1n[n-]c(-c2ccccn2)n1.[Ir]. The molecule has 0 aliphatic heterocycles. The molecule has 6 aromatic rings. The summed E-state index contributed by atoms with van der Waals surface area (Å²) >= 11 is 0. The predicted octanol–water partition coefficient (Wildman–Crippen LogP) is 2.62. The van der Waals surface area contributed by atoms with Crippen molar-refractivity contribution in [1.29, 1.82) is 0 Å². The van der Waals surface area contributed by atoms with E-state index in [1.807, 2.05) is 112 Å². The van der Waals surface area contributed by atoms with E-state index >= 15 is 0 Å². The Labute approximate surface area is 253 Å². The monoisotopic (exact) mass is 726 g/mol. The molecule has 0 bridgehead atoms. The molecular formula is C30H29IrN8O2-3. The van der Waals surface area contributed by atoms with Crippen LogP contribution >= 0.6 is 0 Å². The van der Waals surface area contributed by atoms with Crippen molar-refractivity contribution in [3.05, 3.63) is 116 Å². The number of aryl methyl sites for hydroxylation is 3. The zero-order valence-electron chi connectivity index (χ0n) is 23.3. The molecule has 41 heavy (non-hydrogen) atoms. The number of aromatic nitrogens is 8. The van der Waals surface area contributed by atoms with E-state index in [0.717, 1.165) is 28.6 Å². The maximum Gasteiger partial charge on any atom is 0.241 e. The summed E-state index contributed by atoms with van der Waals surface area (Å²) in [6.07, 6.45) is 15.6. The first-order chi connectivity index (χ1) is 19.4. The van der Waals surface area contributed by atoms with Crippen LogP contribution in [0.2, 0.25) is 0 Å². The third kappa shape index (κ3) is 8.96. The van der Waals surface area contributed by atoms with E-state index in [1.165, 1.54) is 0 Å². The molecule has 0 fully saturated rings. The Kier molecular flexibility index (Phi) is 11.5. The molecule has 0 spiro atoms. The first-order valence-corrected chi connectivity index (χ1v) is 12.3. The van der Waals surface area contributed by atoms with Gasteiger partial charge in [0, 0.05) is 68.4 Å². The zero-order valence-corrected chi connectivity index (χ0v) is 25.7. The number of pyridine rings is 1. The van der Waals surface area contributed by atoms with Gasteiger partial charge in [-0.05, 0) is 24.9 Å². The first kappa shape index (κ1) is 30.9. The van der Waals surface area contributed by atoms with Crippen molar-refractivity contribution < 1.29 is 38.7 Å². The average Bonchev–Trinajstić information content (AvgIpc) is 3.75. The second kappa shape index (κ2) is 15.3. The van der Waals surface area contributed by atoms with Gasteiger partial charge in [0.25, 0.3) is 0 Å². The average molecular weight is 726 g/mol. The summed E-state index contributed by atoms with van der Waals surface area (Å²) in [6.45, 7) is 1.80. The number of hydrogen-bond acceptors (Lipinski definition) is 5. The quantitative estimate of drug-likeness (QED) is 0.201. The number of nitrogens with zero attached hydrogens (tertiary/aromatic N) is 8. The van der Waals surface area contributed by atoms with Crippen LogP contribution in [0, 0.1) is 31.7 Å². The van der Waals surface area contributed by atoms with Gasteiger partial charge in [-0.2, -0.15) is 24.3 Å². The minimum atomic E-state index is 0. The number of rotatable bonds is 5. The Morgan fingerprint density at radius 1 is 0.829 bits per heavy atom. The molecule has 0 atom stereocenters. The van der Waals surface area contributed by atoms with Gasteiger partial charge in [-0.25, -0.2) is 0 Å². The summed E-state index contributed by atoms with van der Waals surface area (Å²) in [4.78, 5) is 8.19. The van der Waals surface area contributed by atoms with Crippen molar-refractivity contribution in [3.8, 4) is 34.4 Å². The molecule has 4 aromatic heterocycles. The van der Waals surface area contributed by atoms with Crippen LogP contribution in [0.1, 0.15) is 5.82 Å². The van der Waals surface area contributed by atoms with Gasteiger partial charge < -0.3 is 37.8 Å². The van der Waals surface area contributed by atoms with Crippen molar-refractivity contribution in [1.82, 2.24) is 29.3 Å². The molecule has 4 heterocycles. The largest absolute Gasteiger partial charge is 0.523 e. The summed E-state index contributed by atoms with van der Waals surface area (Å²) in [5, 5.41) is 7.65. The van der Waals surface area contributed by atoms with Gasteiger partial charge in [0.2, 0.25) is 12.7 Å². The topological polar surface area (TPSA) is 88.9 Å². The number of imidazole rings is 2. The van der Waals surface area contributed by atoms with Crippen LogP contribution in [0.5, 0.6) is 11.5 Å². The molecule has 0 amide bonds. The smallest absolute Gasteiger partial charge is 0.241 e. The minimum Gasteiger partial charge on any atom is -0.523 e.